The van der Waals surface area contributed by atoms with E-state index in [1.807, 2.05) is 42.5 Å². The first kappa shape index (κ1) is 20.9. The molecule has 2 aromatic carbocycles. The molecule has 0 radical (unpaired) electrons. The molecule has 0 saturated heterocycles. The van der Waals surface area contributed by atoms with Gasteiger partial charge in [-0.2, -0.15) is 0 Å². The molecular formula is C22H27ClN6. The highest BCUT2D eigenvalue weighted by atomic mass is 35.5. The summed E-state index contributed by atoms with van der Waals surface area (Å²) < 4.78 is 2.05. The van der Waals surface area contributed by atoms with Gasteiger partial charge in [0.05, 0.1) is 12.6 Å². The van der Waals surface area contributed by atoms with E-state index in [0.717, 1.165) is 35.3 Å². The van der Waals surface area contributed by atoms with Crippen LogP contribution in [0.2, 0.25) is 5.02 Å². The second-order valence-corrected chi connectivity index (χ2v) is 7.16. The molecular weight excluding hydrogens is 384 g/mol. The summed E-state index contributed by atoms with van der Waals surface area (Å²) in [5.41, 5.74) is 2.20. The minimum atomic E-state index is 0.120. The van der Waals surface area contributed by atoms with Gasteiger partial charge in [0.15, 0.2) is 5.96 Å². The number of benzene rings is 2. The van der Waals surface area contributed by atoms with Crippen LogP contribution < -0.4 is 10.6 Å². The van der Waals surface area contributed by atoms with Crippen LogP contribution in [0.15, 0.2) is 65.9 Å². The monoisotopic (exact) mass is 410 g/mol. The van der Waals surface area contributed by atoms with Crippen LogP contribution in [0.4, 0.5) is 0 Å². The molecule has 0 aliphatic carbocycles. The van der Waals surface area contributed by atoms with E-state index in [2.05, 4.69) is 51.4 Å². The van der Waals surface area contributed by atoms with Gasteiger partial charge in [-0.25, -0.2) is 4.99 Å². The van der Waals surface area contributed by atoms with Crippen molar-refractivity contribution in [1.29, 1.82) is 0 Å². The van der Waals surface area contributed by atoms with Crippen LogP contribution in [0.5, 0.6) is 0 Å². The zero-order chi connectivity index (χ0) is 20.5. The summed E-state index contributed by atoms with van der Waals surface area (Å²) in [7, 11) is 0. The molecule has 3 rings (SSSR count). The second kappa shape index (κ2) is 10.6. The minimum absolute atomic E-state index is 0.120. The van der Waals surface area contributed by atoms with E-state index in [4.69, 9.17) is 16.6 Å². The van der Waals surface area contributed by atoms with Gasteiger partial charge in [0.2, 0.25) is 0 Å². The lowest BCUT2D eigenvalue weighted by Gasteiger charge is -2.19. The van der Waals surface area contributed by atoms with E-state index in [9.17, 15) is 0 Å². The number of halogens is 1. The highest BCUT2D eigenvalue weighted by Gasteiger charge is 2.09. The van der Waals surface area contributed by atoms with Crippen molar-refractivity contribution in [2.24, 2.45) is 4.99 Å². The smallest absolute Gasteiger partial charge is 0.192 e. The third kappa shape index (κ3) is 6.06. The Balaban J connectivity index is 1.68. The van der Waals surface area contributed by atoms with Gasteiger partial charge in [0.1, 0.15) is 12.2 Å². The summed E-state index contributed by atoms with van der Waals surface area (Å²) in [4.78, 5) is 4.75. The highest BCUT2D eigenvalue weighted by molar-refractivity contribution is 6.31. The molecule has 1 atom stereocenters. The lowest BCUT2D eigenvalue weighted by Crippen LogP contribution is -2.40. The number of aryl methyl sites for hydroxylation is 1. The van der Waals surface area contributed by atoms with E-state index < -0.39 is 0 Å². The van der Waals surface area contributed by atoms with Crippen LogP contribution in [0.3, 0.4) is 0 Å². The lowest BCUT2D eigenvalue weighted by atomic mass is 10.1. The fourth-order valence-electron chi connectivity index (χ4n) is 3.01. The maximum atomic E-state index is 6.29. The van der Waals surface area contributed by atoms with Crippen molar-refractivity contribution < 1.29 is 0 Å². The van der Waals surface area contributed by atoms with Gasteiger partial charge >= 0.3 is 0 Å². The van der Waals surface area contributed by atoms with Gasteiger partial charge in [-0.15, -0.1) is 10.2 Å². The zero-order valence-electron chi connectivity index (χ0n) is 16.8. The van der Waals surface area contributed by atoms with Crippen molar-refractivity contribution in [1.82, 2.24) is 25.4 Å². The van der Waals surface area contributed by atoms with Crippen LogP contribution in [-0.2, 0) is 19.5 Å². The minimum Gasteiger partial charge on any atom is -0.355 e. The summed E-state index contributed by atoms with van der Waals surface area (Å²) in [6, 6.07) is 18.2. The van der Waals surface area contributed by atoms with Crippen molar-refractivity contribution in [2.75, 3.05) is 6.54 Å². The van der Waals surface area contributed by atoms with Gasteiger partial charge in [-0.3, -0.25) is 0 Å². The number of rotatable bonds is 8. The number of nitrogens with zero attached hydrogens (tertiary/aromatic N) is 4. The first-order chi connectivity index (χ1) is 14.2. The Labute approximate surface area is 177 Å². The Morgan fingerprint density at radius 1 is 1.14 bits per heavy atom. The normalized spacial score (nSPS) is 12.6. The predicted octanol–water partition coefficient (Wildman–Crippen LogP) is 3.99. The largest absolute Gasteiger partial charge is 0.355 e. The lowest BCUT2D eigenvalue weighted by molar-refractivity contribution is 0.619. The average Bonchev–Trinajstić information content (AvgIpc) is 3.21. The molecule has 0 bridgehead atoms. The van der Waals surface area contributed by atoms with Crippen LogP contribution in [0, 0.1) is 0 Å². The van der Waals surface area contributed by atoms with E-state index >= 15 is 0 Å². The summed E-state index contributed by atoms with van der Waals surface area (Å²) in [5.74, 6) is 1.72. The first-order valence-corrected chi connectivity index (χ1v) is 10.2. The number of nitrogens with one attached hydrogen (secondary N) is 2. The molecule has 0 saturated carbocycles. The standard InChI is InChI=1S/C22H27ClN6/c1-3-21-28-26-16-29(21)14-13-24-22(25-15-19-11-7-8-12-20(19)23)27-17(2)18-9-5-4-6-10-18/h4-12,16-17H,3,13-15H2,1-2H3,(H2,24,25,27). The summed E-state index contributed by atoms with van der Waals surface area (Å²) >= 11 is 6.29. The Bertz CT molecular complexity index is 922. The van der Waals surface area contributed by atoms with E-state index in [1.54, 1.807) is 6.33 Å². The summed E-state index contributed by atoms with van der Waals surface area (Å²) in [6.07, 6.45) is 2.62. The molecule has 152 valence electrons. The van der Waals surface area contributed by atoms with Crippen molar-refractivity contribution >= 4 is 17.6 Å². The SMILES string of the molecule is CCc1nncn1CCNC(=NCc1ccccc1Cl)NC(C)c1ccccc1. The number of hydrogen-bond acceptors (Lipinski definition) is 3. The zero-order valence-corrected chi connectivity index (χ0v) is 17.6. The van der Waals surface area contributed by atoms with Crippen LogP contribution in [0.1, 0.15) is 36.8 Å². The van der Waals surface area contributed by atoms with Gasteiger partial charge in [0.25, 0.3) is 0 Å². The fourth-order valence-corrected chi connectivity index (χ4v) is 3.20. The molecule has 0 amide bonds. The third-order valence-electron chi connectivity index (χ3n) is 4.68. The highest BCUT2D eigenvalue weighted by Crippen LogP contribution is 2.16. The topological polar surface area (TPSA) is 67.1 Å². The Morgan fingerprint density at radius 2 is 1.90 bits per heavy atom. The summed E-state index contributed by atoms with van der Waals surface area (Å²) in [5, 5.41) is 15.8. The fraction of sp³-hybridized carbons (Fsp3) is 0.318. The van der Waals surface area contributed by atoms with Crippen molar-refractivity contribution in [2.45, 2.75) is 39.4 Å². The molecule has 1 aromatic heterocycles. The Morgan fingerprint density at radius 3 is 2.66 bits per heavy atom. The van der Waals surface area contributed by atoms with Crippen LogP contribution in [-0.4, -0.2) is 27.3 Å². The van der Waals surface area contributed by atoms with Crippen molar-refractivity contribution in [3.63, 3.8) is 0 Å². The van der Waals surface area contributed by atoms with Crippen molar-refractivity contribution in [3.8, 4) is 0 Å². The second-order valence-electron chi connectivity index (χ2n) is 6.75. The molecule has 29 heavy (non-hydrogen) atoms. The van der Waals surface area contributed by atoms with Gasteiger partial charge in [0, 0.05) is 24.5 Å². The van der Waals surface area contributed by atoms with Crippen LogP contribution >= 0.6 is 11.6 Å². The molecule has 0 fully saturated rings. The molecule has 0 aliphatic rings. The Kier molecular flexibility index (Phi) is 7.64. The Hall–Kier alpha value is -2.86. The molecule has 2 N–H and O–H groups in total. The summed E-state index contributed by atoms with van der Waals surface area (Å²) in [6.45, 7) is 6.18. The quantitative estimate of drug-likeness (QED) is 0.435. The first-order valence-electron chi connectivity index (χ1n) is 9.87. The molecule has 3 aromatic rings. The molecule has 1 heterocycles. The maximum Gasteiger partial charge on any atom is 0.192 e. The van der Waals surface area contributed by atoms with E-state index in [1.165, 1.54) is 5.56 Å². The van der Waals surface area contributed by atoms with Gasteiger partial charge in [-0.1, -0.05) is 67.1 Å². The molecule has 7 heteroatoms. The van der Waals surface area contributed by atoms with E-state index in [-0.39, 0.29) is 6.04 Å². The number of aliphatic imine (C=N–C) groups is 1. The molecule has 1 unspecified atom stereocenters. The molecule has 6 nitrogen and oxygen atoms in total. The van der Waals surface area contributed by atoms with Crippen molar-refractivity contribution in [3.05, 3.63) is 82.9 Å². The predicted molar refractivity (Wildman–Crippen MR) is 118 cm³/mol. The van der Waals surface area contributed by atoms with Gasteiger partial charge in [-0.05, 0) is 24.1 Å². The molecule has 0 spiro atoms. The number of hydrogen-bond donors (Lipinski definition) is 2. The average molecular weight is 411 g/mol. The van der Waals surface area contributed by atoms with E-state index in [0.29, 0.717) is 13.1 Å². The third-order valence-corrected chi connectivity index (χ3v) is 5.04. The number of aromatic nitrogens is 3. The van der Waals surface area contributed by atoms with Crippen LogP contribution in [0.25, 0.3) is 0 Å². The van der Waals surface area contributed by atoms with Gasteiger partial charge < -0.3 is 15.2 Å². The molecule has 0 aliphatic heterocycles. The maximum absolute atomic E-state index is 6.29. The number of guanidine groups is 1.